The summed E-state index contributed by atoms with van der Waals surface area (Å²) in [4.78, 5) is 35.7. The van der Waals surface area contributed by atoms with E-state index in [0.29, 0.717) is 36.8 Å². The van der Waals surface area contributed by atoms with Crippen molar-refractivity contribution in [1.82, 2.24) is 0 Å². The van der Waals surface area contributed by atoms with Gasteiger partial charge in [-0.05, 0) is 42.9 Å². The van der Waals surface area contributed by atoms with Gasteiger partial charge in [0.2, 0.25) is 18.2 Å². The average molecular weight is 249 g/mol. The van der Waals surface area contributed by atoms with Gasteiger partial charge >= 0.3 is 0 Å². The molecule has 0 radical (unpaired) electrons. The number of aliphatic imine (C=N–C) groups is 2. The van der Waals surface area contributed by atoms with Crippen molar-refractivity contribution in [2.24, 2.45) is 33.7 Å². The number of nitrogens with one attached hydrogen (secondary N) is 1. The lowest BCUT2D eigenvalue weighted by Crippen LogP contribution is -2.21. The van der Waals surface area contributed by atoms with Gasteiger partial charge in [-0.1, -0.05) is 0 Å². The van der Waals surface area contributed by atoms with Crippen molar-refractivity contribution in [3.63, 3.8) is 0 Å². The fourth-order valence-electron chi connectivity index (χ4n) is 3.27. The first-order valence-electron chi connectivity index (χ1n) is 5.87. The largest absolute Gasteiger partial charge is 0.234 e. The Balaban J connectivity index is 0.000000492. The van der Waals surface area contributed by atoms with Crippen LogP contribution >= 0.6 is 0 Å². The molecule has 2 bridgehead atoms. The van der Waals surface area contributed by atoms with Gasteiger partial charge in [0.25, 0.3) is 0 Å². The van der Waals surface area contributed by atoms with E-state index in [1.807, 2.05) is 0 Å². The molecule has 0 amide bonds. The topological polar surface area (TPSA) is 99.8 Å². The van der Waals surface area contributed by atoms with Gasteiger partial charge in [0.05, 0.1) is 13.1 Å². The van der Waals surface area contributed by atoms with Crippen LogP contribution in [0.1, 0.15) is 19.3 Å². The minimum atomic E-state index is 0.563. The highest BCUT2D eigenvalue weighted by atomic mass is 16.1. The maximum Gasteiger partial charge on any atom is 0.234 e. The third-order valence-electron chi connectivity index (χ3n) is 3.93. The van der Waals surface area contributed by atoms with Crippen molar-refractivity contribution in [2.45, 2.75) is 19.3 Å². The van der Waals surface area contributed by atoms with Crippen molar-refractivity contribution in [2.75, 3.05) is 13.1 Å². The van der Waals surface area contributed by atoms with Gasteiger partial charge in [0.1, 0.15) is 0 Å². The molecule has 2 aliphatic rings. The number of isocyanates is 3. The summed E-state index contributed by atoms with van der Waals surface area (Å²) in [5.74, 6) is 2.48. The zero-order chi connectivity index (χ0) is 13.4. The van der Waals surface area contributed by atoms with Crippen LogP contribution in [-0.4, -0.2) is 31.3 Å². The molecule has 0 heterocycles. The Bertz CT molecular complexity index is 373. The highest BCUT2D eigenvalue weighted by Gasteiger charge is 2.45. The van der Waals surface area contributed by atoms with Crippen LogP contribution < -0.4 is 0 Å². The molecule has 96 valence electrons. The molecule has 6 heteroatoms. The van der Waals surface area contributed by atoms with E-state index in [0.717, 1.165) is 18.9 Å². The van der Waals surface area contributed by atoms with E-state index in [1.165, 1.54) is 6.42 Å². The summed E-state index contributed by atoms with van der Waals surface area (Å²) in [6.45, 7) is 1.27. The lowest BCUT2D eigenvalue weighted by molar-refractivity contribution is 0.267. The molecule has 2 aliphatic carbocycles. The normalized spacial score (nSPS) is 31.3. The maximum absolute atomic E-state index is 10.0. The van der Waals surface area contributed by atoms with Gasteiger partial charge in [-0.25, -0.2) is 29.8 Å². The summed E-state index contributed by atoms with van der Waals surface area (Å²) in [5.41, 5.74) is 0. The molecule has 6 nitrogen and oxygen atoms in total. The Morgan fingerprint density at radius 3 is 1.56 bits per heavy atom. The van der Waals surface area contributed by atoms with Gasteiger partial charge in [0, 0.05) is 0 Å². The van der Waals surface area contributed by atoms with Gasteiger partial charge in [-0.2, -0.15) is 0 Å². The average Bonchev–Trinajstić information content (AvgIpc) is 2.94. The van der Waals surface area contributed by atoms with Crippen molar-refractivity contribution < 1.29 is 14.4 Å². The fraction of sp³-hybridized carbons (Fsp3) is 0.750. The molecule has 2 rings (SSSR count). The van der Waals surface area contributed by atoms with Crippen LogP contribution in [0.3, 0.4) is 0 Å². The van der Waals surface area contributed by atoms with Crippen LogP contribution in [0.2, 0.25) is 0 Å². The lowest BCUT2D eigenvalue weighted by atomic mass is 9.82. The van der Waals surface area contributed by atoms with Crippen molar-refractivity contribution in [3.8, 4) is 0 Å². The molecule has 0 spiro atoms. The highest BCUT2D eigenvalue weighted by molar-refractivity contribution is 5.33. The van der Waals surface area contributed by atoms with E-state index in [9.17, 15) is 9.59 Å². The third kappa shape index (κ3) is 3.57. The quantitative estimate of drug-likeness (QED) is 0.598. The first kappa shape index (κ1) is 14.2. The van der Waals surface area contributed by atoms with Crippen LogP contribution in [0, 0.1) is 29.1 Å². The third-order valence-corrected chi connectivity index (χ3v) is 3.93. The summed E-state index contributed by atoms with van der Waals surface area (Å²) in [6.07, 6.45) is 7.45. The highest BCUT2D eigenvalue weighted by Crippen LogP contribution is 2.51. The molecule has 0 aliphatic heterocycles. The van der Waals surface area contributed by atoms with Gasteiger partial charge in [-0.3, -0.25) is 0 Å². The smallest absolute Gasteiger partial charge is 0.222 e. The molecule has 2 saturated carbocycles. The molecule has 0 aromatic rings. The second kappa shape index (κ2) is 7.46. The van der Waals surface area contributed by atoms with E-state index in [4.69, 9.17) is 10.2 Å². The molecule has 4 unspecified atom stereocenters. The molecule has 1 N–H and O–H groups in total. The van der Waals surface area contributed by atoms with Crippen LogP contribution in [0.5, 0.6) is 0 Å². The first-order chi connectivity index (χ1) is 8.76. The van der Waals surface area contributed by atoms with E-state index < -0.39 is 0 Å². The Hall–Kier alpha value is -1.86. The summed E-state index contributed by atoms with van der Waals surface area (Å²) in [6, 6.07) is 0. The molecule has 0 saturated heterocycles. The molecule has 18 heavy (non-hydrogen) atoms. The van der Waals surface area contributed by atoms with E-state index in [2.05, 4.69) is 9.98 Å². The number of hydrogen-bond donors (Lipinski definition) is 1. The van der Waals surface area contributed by atoms with E-state index >= 15 is 0 Å². The first-order valence-corrected chi connectivity index (χ1v) is 5.87. The maximum atomic E-state index is 10.0. The minimum Gasteiger partial charge on any atom is -0.222 e. The molecular formula is C12H15N3O3. The van der Waals surface area contributed by atoms with Crippen molar-refractivity contribution in [1.29, 1.82) is 5.41 Å². The summed E-state index contributed by atoms with van der Waals surface area (Å²) in [7, 11) is 0. The fourth-order valence-corrected chi connectivity index (χ4v) is 3.27. The number of carbonyl (C=O) groups excluding carboxylic acids is 3. The van der Waals surface area contributed by atoms with Crippen molar-refractivity contribution >= 4 is 18.2 Å². The monoisotopic (exact) mass is 249 g/mol. The zero-order valence-corrected chi connectivity index (χ0v) is 9.96. The SMILES string of the molecule is N=C=O.O=C=NCC1CC2CC1CC2CN=C=O. The Labute approximate surface area is 105 Å². The number of nitrogens with zero attached hydrogens (tertiary/aromatic N) is 2. The molecule has 0 aromatic heterocycles. The standard InChI is InChI=1S/C11H14N2O2.CHNO/c14-6-12-4-10-2-8-1-9(10)3-11(8)5-13-7-15;2-1-3/h8-11H,1-5H2;2H. The predicted octanol–water partition coefficient (Wildman–Crippen LogP) is 1.22. The number of hydrogen-bond acceptors (Lipinski definition) is 6. The second-order valence-corrected chi connectivity index (χ2v) is 4.71. The second-order valence-electron chi connectivity index (χ2n) is 4.71. The van der Waals surface area contributed by atoms with Crippen molar-refractivity contribution in [3.05, 3.63) is 0 Å². The van der Waals surface area contributed by atoms with E-state index in [1.54, 1.807) is 12.2 Å². The van der Waals surface area contributed by atoms with Crippen LogP contribution in [0.25, 0.3) is 0 Å². The molecule has 4 atom stereocenters. The van der Waals surface area contributed by atoms with E-state index in [-0.39, 0.29) is 0 Å². The molecule has 2 fully saturated rings. The Morgan fingerprint density at radius 1 is 0.889 bits per heavy atom. The summed E-state index contributed by atoms with van der Waals surface area (Å²) in [5, 5.41) is 5.40. The number of rotatable bonds is 4. The van der Waals surface area contributed by atoms with Crippen LogP contribution in [0.4, 0.5) is 0 Å². The van der Waals surface area contributed by atoms with Gasteiger partial charge in [-0.15, -0.1) is 0 Å². The molecular weight excluding hydrogens is 234 g/mol. The zero-order valence-electron chi connectivity index (χ0n) is 9.96. The summed E-state index contributed by atoms with van der Waals surface area (Å²) >= 11 is 0. The van der Waals surface area contributed by atoms with Gasteiger partial charge in [0.15, 0.2) is 0 Å². The lowest BCUT2D eigenvalue weighted by Gasteiger charge is -2.25. The minimum absolute atomic E-state index is 0.563. The Morgan fingerprint density at radius 2 is 1.28 bits per heavy atom. The van der Waals surface area contributed by atoms with Crippen LogP contribution in [-0.2, 0) is 14.4 Å². The van der Waals surface area contributed by atoms with Gasteiger partial charge < -0.3 is 0 Å². The number of fused-ring (bicyclic) bond motifs is 2. The predicted molar refractivity (Wildman–Crippen MR) is 62.2 cm³/mol. The molecule has 0 aromatic carbocycles. The Kier molecular flexibility index (Phi) is 5.89. The summed E-state index contributed by atoms with van der Waals surface area (Å²) < 4.78 is 0. The van der Waals surface area contributed by atoms with Crippen LogP contribution in [0.15, 0.2) is 9.98 Å².